The van der Waals surface area contributed by atoms with Gasteiger partial charge < -0.3 is 14.8 Å². The summed E-state index contributed by atoms with van der Waals surface area (Å²) in [5.74, 6) is -0.949. The van der Waals surface area contributed by atoms with E-state index in [0.29, 0.717) is 0 Å². The predicted octanol–water partition coefficient (Wildman–Crippen LogP) is 2.40. The molecule has 8 heteroatoms. The summed E-state index contributed by atoms with van der Waals surface area (Å²) >= 11 is 0. The third-order valence-corrected chi connectivity index (χ3v) is 1.89. The van der Waals surface area contributed by atoms with Crippen LogP contribution in [0.4, 0.5) is 18.0 Å². The molecule has 0 spiro atoms. The lowest BCUT2D eigenvalue weighted by Crippen LogP contribution is -2.44. The summed E-state index contributed by atoms with van der Waals surface area (Å²) in [5.41, 5.74) is -0.811. The number of hydrogen-bond acceptors (Lipinski definition) is 4. The summed E-state index contributed by atoms with van der Waals surface area (Å²) in [4.78, 5) is 22.7. The number of hydrogen-bond donors (Lipinski definition) is 1. The van der Waals surface area contributed by atoms with E-state index in [4.69, 9.17) is 4.74 Å². The van der Waals surface area contributed by atoms with Crippen molar-refractivity contribution >= 4 is 12.1 Å². The van der Waals surface area contributed by atoms with Crippen molar-refractivity contribution in [1.82, 2.24) is 5.32 Å². The summed E-state index contributed by atoms with van der Waals surface area (Å²) in [6, 6.07) is -1.39. The monoisotopic (exact) mass is 285 g/mol. The van der Waals surface area contributed by atoms with Crippen molar-refractivity contribution in [2.24, 2.45) is 0 Å². The molecule has 0 aliphatic carbocycles. The third kappa shape index (κ3) is 9.15. The van der Waals surface area contributed by atoms with Gasteiger partial charge in [-0.1, -0.05) is 0 Å². The van der Waals surface area contributed by atoms with Crippen LogP contribution in [-0.2, 0) is 14.3 Å². The van der Waals surface area contributed by atoms with Crippen LogP contribution in [0, 0.1) is 0 Å². The van der Waals surface area contributed by atoms with Gasteiger partial charge in [0.2, 0.25) is 0 Å². The van der Waals surface area contributed by atoms with Gasteiger partial charge in [-0.05, 0) is 27.2 Å². The maximum absolute atomic E-state index is 12.1. The summed E-state index contributed by atoms with van der Waals surface area (Å²) < 4.78 is 45.5. The molecule has 0 saturated heterocycles. The highest BCUT2D eigenvalue weighted by Gasteiger charge is 2.32. The first-order valence-electron chi connectivity index (χ1n) is 5.58. The first kappa shape index (κ1) is 17.5. The fourth-order valence-electron chi connectivity index (χ4n) is 1.15. The molecule has 0 aliphatic heterocycles. The molecule has 0 rings (SSSR count). The molecule has 1 amide bonds. The molecule has 5 nitrogen and oxygen atoms in total. The van der Waals surface area contributed by atoms with Gasteiger partial charge >= 0.3 is 18.2 Å². The van der Waals surface area contributed by atoms with Gasteiger partial charge in [0.1, 0.15) is 11.6 Å². The quantitative estimate of drug-likeness (QED) is 0.805. The number of alkyl halides is 3. The number of rotatable bonds is 4. The Bertz CT molecular complexity index is 323. The van der Waals surface area contributed by atoms with E-state index in [1.807, 2.05) is 0 Å². The molecule has 0 aromatic rings. The van der Waals surface area contributed by atoms with E-state index in [-0.39, 0.29) is 0 Å². The van der Waals surface area contributed by atoms with Crippen molar-refractivity contribution in [3.63, 3.8) is 0 Å². The second-order valence-corrected chi connectivity index (χ2v) is 4.88. The normalized spacial score (nSPS) is 13.6. The van der Waals surface area contributed by atoms with E-state index < -0.39 is 42.7 Å². The van der Waals surface area contributed by atoms with Crippen LogP contribution < -0.4 is 5.32 Å². The van der Waals surface area contributed by atoms with Crippen LogP contribution in [-0.4, -0.2) is 37.0 Å². The smallest absolute Gasteiger partial charge is 0.408 e. The molecule has 0 aromatic heterocycles. The predicted molar refractivity (Wildman–Crippen MR) is 60.5 cm³/mol. The van der Waals surface area contributed by atoms with Gasteiger partial charge in [-0.15, -0.1) is 0 Å². The van der Waals surface area contributed by atoms with Crippen molar-refractivity contribution in [2.75, 3.05) is 7.11 Å². The van der Waals surface area contributed by atoms with E-state index in [1.54, 1.807) is 20.8 Å². The number of nitrogens with one attached hydrogen (secondary N) is 1. The molecular weight excluding hydrogens is 267 g/mol. The number of esters is 1. The number of carbonyl (C=O) groups is 2. The summed E-state index contributed by atoms with van der Waals surface area (Å²) in [7, 11) is 1.03. The van der Waals surface area contributed by atoms with Crippen molar-refractivity contribution < 1.29 is 32.2 Å². The Balaban J connectivity index is 4.52. The first-order valence-corrected chi connectivity index (χ1v) is 5.58. The second-order valence-electron chi connectivity index (χ2n) is 4.88. The van der Waals surface area contributed by atoms with Gasteiger partial charge in [0.15, 0.2) is 0 Å². The lowest BCUT2D eigenvalue weighted by molar-refractivity contribution is -0.148. The van der Waals surface area contributed by atoms with Crippen LogP contribution in [0.2, 0.25) is 0 Å². The molecule has 0 fully saturated rings. The van der Waals surface area contributed by atoms with Gasteiger partial charge in [0.25, 0.3) is 0 Å². The largest absolute Gasteiger partial charge is 0.467 e. The molecular formula is C11H18F3NO4. The van der Waals surface area contributed by atoms with E-state index in [1.165, 1.54) is 0 Å². The molecule has 0 radical (unpaired) electrons. The van der Waals surface area contributed by atoms with Crippen LogP contribution in [0.1, 0.15) is 33.6 Å². The molecule has 0 aromatic carbocycles. The summed E-state index contributed by atoms with van der Waals surface area (Å²) in [6.07, 6.45) is -7.19. The standard InChI is InChI=1S/C11H18F3NO4/c1-10(2,3)19-9(17)15-7(8(16)18-4)5-6-11(12,13)14/h7H,5-6H2,1-4H3,(H,15,17)/t7-/m1/s1. The van der Waals surface area contributed by atoms with E-state index >= 15 is 0 Å². The number of halogens is 3. The zero-order chi connectivity index (χ0) is 15.3. The minimum atomic E-state index is -4.41. The summed E-state index contributed by atoms with van der Waals surface area (Å²) in [6.45, 7) is 4.78. The molecule has 1 atom stereocenters. The van der Waals surface area contributed by atoms with E-state index in [2.05, 4.69) is 10.1 Å². The van der Waals surface area contributed by atoms with Crippen LogP contribution in [0.5, 0.6) is 0 Å². The highest BCUT2D eigenvalue weighted by atomic mass is 19.4. The Hall–Kier alpha value is -1.47. The van der Waals surface area contributed by atoms with E-state index in [9.17, 15) is 22.8 Å². The Morgan fingerprint density at radius 3 is 2.11 bits per heavy atom. The second kappa shape index (κ2) is 6.63. The third-order valence-electron chi connectivity index (χ3n) is 1.89. The first-order chi connectivity index (χ1) is 8.44. The lowest BCUT2D eigenvalue weighted by atomic mass is 10.1. The Kier molecular flexibility index (Phi) is 6.11. The van der Waals surface area contributed by atoms with Crippen LogP contribution in [0.25, 0.3) is 0 Å². The zero-order valence-electron chi connectivity index (χ0n) is 11.3. The highest BCUT2D eigenvalue weighted by Crippen LogP contribution is 2.22. The maximum Gasteiger partial charge on any atom is 0.408 e. The van der Waals surface area contributed by atoms with Crippen molar-refractivity contribution in [3.05, 3.63) is 0 Å². The molecule has 112 valence electrons. The molecule has 19 heavy (non-hydrogen) atoms. The Morgan fingerprint density at radius 1 is 1.21 bits per heavy atom. The fraction of sp³-hybridized carbons (Fsp3) is 0.818. The minimum Gasteiger partial charge on any atom is -0.467 e. The average Bonchev–Trinajstić information content (AvgIpc) is 2.19. The van der Waals surface area contributed by atoms with Crippen molar-refractivity contribution in [2.45, 2.75) is 51.4 Å². The number of methoxy groups -OCH3 is 1. The van der Waals surface area contributed by atoms with Crippen LogP contribution in [0.15, 0.2) is 0 Å². The lowest BCUT2D eigenvalue weighted by Gasteiger charge is -2.22. The summed E-state index contributed by atoms with van der Waals surface area (Å²) in [5, 5.41) is 2.06. The maximum atomic E-state index is 12.1. The number of amides is 1. The average molecular weight is 285 g/mol. The van der Waals surface area contributed by atoms with Crippen LogP contribution in [0.3, 0.4) is 0 Å². The SMILES string of the molecule is COC(=O)[C@@H](CCC(F)(F)F)NC(=O)OC(C)(C)C. The molecule has 0 bridgehead atoms. The highest BCUT2D eigenvalue weighted by molar-refractivity contribution is 5.81. The van der Waals surface area contributed by atoms with E-state index in [0.717, 1.165) is 7.11 Å². The Labute approximate surface area is 109 Å². The Morgan fingerprint density at radius 2 is 1.74 bits per heavy atom. The van der Waals surface area contributed by atoms with Gasteiger partial charge in [-0.2, -0.15) is 13.2 Å². The molecule has 0 aliphatic rings. The van der Waals surface area contributed by atoms with Crippen molar-refractivity contribution in [1.29, 1.82) is 0 Å². The molecule has 0 saturated carbocycles. The number of ether oxygens (including phenoxy) is 2. The topological polar surface area (TPSA) is 64.6 Å². The number of alkyl carbamates (subject to hydrolysis) is 1. The van der Waals surface area contributed by atoms with Crippen molar-refractivity contribution in [3.8, 4) is 0 Å². The fourth-order valence-corrected chi connectivity index (χ4v) is 1.15. The molecule has 0 unspecified atom stereocenters. The van der Waals surface area contributed by atoms with Gasteiger partial charge in [0.05, 0.1) is 7.11 Å². The molecule has 0 heterocycles. The number of carbonyl (C=O) groups excluding carboxylic acids is 2. The van der Waals surface area contributed by atoms with Crippen LogP contribution >= 0.6 is 0 Å². The van der Waals surface area contributed by atoms with Gasteiger partial charge in [-0.3, -0.25) is 0 Å². The zero-order valence-corrected chi connectivity index (χ0v) is 11.3. The molecule has 1 N–H and O–H groups in total. The van der Waals surface area contributed by atoms with Gasteiger partial charge in [0, 0.05) is 6.42 Å². The minimum absolute atomic E-state index is 0.602. The van der Waals surface area contributed by atoms with Gasteiger partial charge in [-0.25, -0.2) is 9.59 Å².